The van der Waals surface area contributed by atoms with E-state index in [9.17, 15) is 4.39 Å². The van der Waals surface area contributed by atoms with Crippen LogP contribution in [0.4, 0.5) is 33.2 Å². The van der Waals surface area contributed by atoms with E-state index in [1.165, 1.54) is 17.8 Å². The topological polar surface area (TPSA) is 56.3 Å². The first-order valence-corrected chi connectivity index (χ1v) is 9.74. The molecule has 29 heavy (non-hydrogen) atoms. The number of anilines is 5. The number of hydrogen-bond acceptors (Lipinski definition) is 6. The predicted octanol–water partition coefficient (Wildman–Crippen LogP) is 4.16. The van der Waals surface area contributed by atoms with Gasteiger partial charge in [0.2, 0.25) is 5.95 Å². The molecule has 2 heterocycles. The van der Waals surface area contributed by atoms with Crippen molar-refractivity contribution in [3.8, 4) is 0 Å². The Morgan fingerprint density at radius 1 is 0.828 bits per heavy atom. The average Bonchev–Trinajstić information content (AvgIpc) is 2.71. The van der Waals surface area contributed by atoms with Crippen molar-refractivity contribution in [2.45, 2.75) is 6.92 Å². The molecule has 2 aromatic carbocycles. The average molecular weight is 392 g/mol. The highest BCUT2D eigenvalue weighted by Gasteiger charge is 2.14. The number of likely N-dealkylation sites (N-methyl/N-ethyl adjacent to an activating group) is 1. The minimum Gasteiger partial charge on any atom is -0.369 e. The molecule has 0 spiro atoms. The molecular formula is C22H25FN6. The summed E-state index contributed by atoms with van der Waals surface area (Å²) in [7, 11) is 2.16. The summed E-state index contributed by atoms with van der Waals surface area (Å²) < 4.78 is 13.1. The molecule has 4 rings (SSSR count). The predicted molar refractivity (Wildman–Crippen MR) is 116 cm³/mol. The lowest BCUT2D eigenvalue weighted by molar-refractivity contribution is 0.313. The largest absolute Gasteiger partial charge is 0.369 e. The van der Waals surface area contributed by atoms with E-state index in [1.54, 1.807) is 12.1 Å². The highest BCUT2D eigenvalue weighted by molar-refractivity contribution is 5.62. The van der Waals surface area contributed by atoms with Crippen molar-refractivity contribution in [3.05, 3.63) is 66.1 Å². The van der Waals surface area contributed by atoms with Crippen LogP contribution >= 0.6 is 0 Å². The second kappa shape index (κ2) is 8.45. The van der Waals surface area contributed by atoms with Crippen molar-refractivity contribution in [1.29, 1.82) is 0 Å². The zero-order valence-electron chi connectivity index (χ0n) is 16.7. The standard InChI is InChI=1S/C22H25FN6/c1-16-15-21(25-18-5-3-17(23)4-6-18)27-22(24-16)26-19-7-9-20(10-8-19)29-13-11-28(2)12-14-29/h3-10,15H,11-14H2,1-2H3,(H2,24,25,26,27). The van der Waals surface area contributed by atoms with E-state index in [1.807, 2.05) is 25.1 Å². The lowest BCUT2D eigenvalue weighted by Crippen LogP contribution is -2.44. The van der Waals surface area contributed by atoms with Crippen LogP contribution in [0.3, 0.4) is 0 Å². The fourth-order valence-electron chi connectivity index (χ4n) is 3.32. The van der Waals surface area contributed by atoms with Gasteiger partial charge in [0.25, 0.3) is 0 Å². The number of halogens is 1. The van der Waals surface area contributed by atoms with E-state index in [0.29, 0.717) is 11.8 Å². The van der Waals surface area contributed by atoms with Crippen molar-refractivity contribution in [1.82, 2.24) is 14.9 Å². The lowest BCUT2D eigenvalue weighted by Gasteiger charge is -2.34. The summed E-state index contributed by atoms with van der Waals surface area (Å²) in [5.41, 5.74) is 3.77. The molecule has 1 saturated heterocycles. The Labute approximate surface area is 170 Å². The van der Waals surface area contributed by atoms with Crippen LogP contribution in [-0.4, -0.2) is 48.1 Å². The Morgan fingerprint density at radius 3 is 2.14 bits per heavy atom. The van der Waals surface area contributed by atoms with Crippen molar-refractivity contribution in [2.75, 3.05) is 48.8 Å². The molecule has 0 aliphatic carbocycles. The highest BCUT2D eigenvalue weighted by Crippen LogP contribution is 2.22. The second-order valence-corrected chi connectivity index (χ2v) is 7.31. The van der Waals surface area contributed by atoms with Crippen molar-refractivity contribution in [2.24, 2.45) is 0 Å². The van der Waals surface area contributed by atoms with Gasteiger partial charge in [-0.3, -0.25) is 0 Å². The van der Waals surface area contributed by atoms with Crippen molar-refractivity contribution >= 4 is 28.8 Å². The first-order chi connectivity index (χ1) is 14.0. The molecule has 150 valence electrons. The maximum absolute atomic E-state index is 13.1. The third-order valence-electron chi connectivity index (χ3n) is 4.96. The highest BCUT2D eigenvalue weighted by atomic mass is 19.1. The summed E-state index contributed by atoms with van der Waals surface area (Å²) >= 11 is 0. The van der Waals surface area contributed by atoms with Crippen molar-refractivity contribution < 1.29 is 4.39 Å². The van der Waals surface area contributed by atoms with Gasteiger partial charge >= 0.3 is 0 Å². The maximum Gasteiger partial charge on any atom is 0.229 e. The zero-order valence-corrected chi connectivity index (χ0v) is 16.7. The van der Waals surface area contributed by atoms with Crippen LogP contribution < -0.4 is 15.5 Å². The van der Waals surface area contributed by atoms with Crippen LogP contribution in [0, 0.1) is 12.7 Å². The van der Waals surface area contributed by atoms with E-state index in [2.05, 4.69) is 49.6 Å². The van der Waals surface area contributed by atoms with Gasteiger partial charge in [-0.15, -0.1) is 0 Å². The van der Waals surface area contributed by atoms with Gasteiger partial charge in [0, 0.05) is 55.0 Å². The molecule has 1 aromatic heterocycles. The number of aryl methyl sites for hydroxylation is 1. The molecule has 0 radical (unpaired) electrons. The molecule has 0 bridgehead atoms. The zero-order chi connectivity index (χ0) is 20.2. The van der Waals surface area contributed by atoms with Gasteiger partial charge in [-0.1, -0.05) is 0 Å². The lowest BCUT2D eigenvalue weighted by atomic mass is 10.2. The van der Waals surface area contributed by atoms with Gasteiger partial charge in [0.05, 0.1) is 0 Å². The molecule has 6 nitrogen and oxygen atoms in total. The van der Waals surface area contributed by atoms with E-state index in [4.69, 9.17) is 0 Å². The number of benzene rings is 2. The normalized spacial score (nSPS) is 14.7. The molecule has 2 N–H and O–H groups in total. The number of piperazine rings is 1. The van der Waals surface area contributed by atoms with E-state index in [0.717, 1.165) is 43.2 Å². The summed E-state index contributed by atoms with van der Waals surface area (Å²) in [6.45, 7) is 6.17. The summed E-state index contributed by atoms with van der Waals surface area (Å²) in [6, 6.07) is 16.4. The van der Waals surface area contributed by atoms with E-state index < -0.39 is 0 Å². The molecule has 0 saturated carbocycles. The van der Waals surface area contributed by atoms with Crippen LogP contribution in [0.2, 0.25) is 0 Å². The number of nitrogens with one attached hydrogen (secondary N) is 2. The van der Waals surface area contributed by atoms with Gasteiger partial charge in [-0.2, -0.15) is 4.98 Å². The molecule has 0 amide bonds. The van der Waals surface area contributed by atoms with Crippen LogP contribution in [0.25, 0.3) is 0 Å². The Bertz CT molecular complexity index is 950. The minimum atomic E-state index is -0.267. The number of hydrogen-bond donors (Lipinski definition) is 2. The van der Waals surface area contributed by atoms with Crippen LogP contribution in [0.5, 0.6) is 0 Å². The van der Waals surface area contributed by atoms with Gasteiger partial charge in [-0.05, 0) is 62.5 Å². The minimum absolute atomic E-state index is 0.267. The quantitative estimate of drug-likeness (QED) is 0.680. The van der Waals surface area contributed by atoms with Crippen LogP contribution in [0.1, 0.15) is 5.69 Å². The van der Waals surface area contributed by atoms with Gasteiger partial charge < -0.3 is 20.4 Å². The Balaban J connectivity index is 1.44. The third kappa shape index (κ3) is 5.00. The number of aromatic nitrogens is 2. The molecule has 1 aliphatic rings. The summed E-state index contributed by atoms with van der Waals surface area (Å²) in [5, 5.41) is 6.45. The summed E-state index contributed by atoms with van der Waals surface area (Å²) in [4.78, 5) is 13.7. The fraction of sp³-hybridized carbons (Fsp3) is 0.273. The van der Waals surface area contributed by atoms with E-state index in [-0.39, 0.29) is 5.82 Å². The smallest absolute Gasteiger partial charge is 0.229 e. The number of nitrogens with zero attached hydrogens (tertiary/aromatic N) is 4. The van der Waals surface area contributed by atoms with Crippen molar-refractivity contribution in [3.63, 3.8) is 0 Å². The Morgan fingerprint density at radius 2 is 1.45 bits per heavy atom. The second-order valence-electron chi connectivity index (χ2n) is 7.31. The monoisotopic (exact) mass is 392 g/mol. The molecule has 0 unspecified atom stereocenters. The third-order valence-corrected chi connectivity index (χ3v) is 4.96. The molecule has 0 atom stereocenters. The van der Waals surface area contributed by atoms with Gasteiger partial charge in [0.1, 0.15) is 11.6 Å². The molecule has 3 aromatic rings. The van der Waals surface area contributed by atoms with Crippen LogP contribution in [0.15, 0.2) is 54.6 Å². The number of rotatable bonds is 5. The molecule has 1 aliphatic heterocycles. The Kier molecular flexibility index (Phi) is 5.57. The Hall–Kier alpha value is -3.19. The first kappa shape index (κ1) is 19.1. The van der Waals surface area contributed by atoms with E-state index >= 15 is 0 Å². The molecule has 7 heteroatoms. The van der Waals surface area contributed by atoms with Gasteiger partial charge in [-0.25, -0.2) is 9.37 Å². The SMILES string of the molecule is Cc1cc(Nc2ccc(F)cc2)nc(Nc2ccc(N3CCN(C)CC3)cc2)n1. The van der Waals surface area contributed by atoms with Crippen LogP contribution in [-0.2, 0) is 0 Å². The first-order valence-electron chi connectivity index (χ1n) is 9.74. The molecular weight excluding hydrogens is 367 g/mol. The summed E-state index contributed by atoms with van der Waals surface area (Å²) in [6.07, 6.45) is 0. The van der Waals surface area contributed by atoms with Gasteiger partial charge in [0.15, 0.2) is 0 Å². The summed E-state index contributed by atoms with van der Waals surface area (Å²) in [5.74, 6) is 0.902. The fourth-order valence-corrected chi connectivity index (χ4v) is 3.32. The molecule has 1 fully saturated rings. The maximum atomic E-state index is 13.1.